The van der Waals surface area contributed by atoms with Gasteiger partial charge in [0.05, 0.1) is 15.2 Å². The largest absolute Gasteiger partial charge is 0.345 e. The summed E-state index contributed by atoms with van der Waals surface area (Å²) in [5.41, 5.74) is 2.76. The van der Waals surface area contributed by atoms with Gasteiger partial charge in [0.2, 0.25) is 0 Å². The van der Waals surface area contributed by atoms with E-state index in [4.69, 9.17) is 16.6 Å². The summed E-state index contributed by atoms with van der Waals surface area (Å²) in [6.45, 7) is 7.62. The van der Waals surface area contributed by atoms with Crippen molar-refractivity contribution in [3.8, 4) is 0 Å². The average molecular weight is 390 g/mol. The summed E-state index contributed by atoms with van der Waals surface area (Å²) in [7, 11) is 0. The van der Waals surface area contributed by atoms with Gasteiger partial charge in [0.25, 0.3) is 5.91 Å². The molecule has 0 saturated carbocycles. The summed E-state index contributed by atoms with van der Waals surface area (Å²) < 4.78 is 2.78. The Kier molecular flexibility index (Phi) is 4.58. The third-order valence-corrected chi connectivity index (χ3v) is 6.34. The van der Waals surface area contributed by atoms with Gasteiger partial charge < -0.3 is 9.80 Å². The molecule has 26 heavy (non-hydrogen) atoms. The van der Waals surface area contributed by atoms with Crippen molar-refractivity contribution in [1.82, 2.24) is 19.7 Å². The topological polar surface area (TPSA) is 54.3 Å². The van der Waals surface area contributed by atoms with Gasteiger partial charge in [-0.05, 0) is 31.5 Å². The molecule has 1 amide bonds. The number of thiazole rings is 1. The summed E-state index contributed by atoms with van der Waals surface area (Å²) in [5.74, 6) is 0.0483. The fraction of sp³-hybridized carbons (Fsp3) is 0.389. The minimum Gasteiger partial charge on any atom is -0.345 e. The molecule has 0 unspecified atom stereocenters. The van der Waals surface area contributed by atoms with Crippen LogP contribution in [-0.4, -0.2) is 51.8 Å². The number of nitrogens with zero attached hydrogens (tertiary/aromatic N) is 5. The van der Waals surface area contributed by atoms with Gasteiger partial charge in [0.1, 0.15) is 5.69 Å². The van der Waals surface area contributed by atoms with Crippen molar-refractivity contribution in [3.05, 3.63) is 40.7 Å². The number of hydrogen-bond acceptors (Lipinski definition) is 5. The lowest BCUT2D eigenvalue weighted by atomic mass is 10.2. The summed E-state index contributed by atoms with van der Waals surface area (Å²) >= 11 is 7.95. The number of hydrogen-bond donors (Lipinski definition) is 0. The quantitative estimate of drug-likeness (QED) is 0.688. The predicted octanol–water partition coefficient (Wildman–Crippen LogP) is 3.44. The summed E-state index contributed by atoms with van der Waals surface area (Å²) in [4.78, 5) is 21.6. The van der Waals surface area contributed by atoms with Gasteiger partial charge in [-0.25, -0.2) is 4.98 Å². The number of rotatable bonds is 3. The van der Waals surface area contributed by atoms with E-state index in [2.05, 4.69) is 16.9 Å². The third kappa shape index (κ3) is 2.95. The lowest BCUT2D eigenvalue weighted by molar-refractivity contribution is 0.0734. The molecule has 0 aliphatic carbocycles. The molecule has 6 nitrogen and oxygen atoms in total. The highest BCUT2D eigenvalue weighted by atomic mass is 35.5. The Hall–Kier alpha value is -2.12. The lowest BCUT2D eigenvalue weighted by Crippen LogP contribution is -2.49. The van der Waals surface area contributed by atoms with Crippen LogP contribution in [0.25, 0.3) is 10.2 Å². The van der Waals surface area contributed by atoms with Crippen LogP contribution in [0.1, 0.15) is 23.0 Å². The SMILES string of the molecule is CCn1nccc1C(=O)N1CCN(c2nc3c(C)ccc(Cl)c3s2)CC1. The Morgan fingerprint density at radius 2 is 2.00 bits per heavy atom. The van der Waals surface area contributed by atoms with E-state index >= 15 is 0 Å². The lowest BCUT2D eigenvalue weighted by Gasteiger charge is -2.34. The first-order chi connectivity index (χ1) is 12.6. The van der Waals surface area contributed by atoms with Gasteiger partial charge in [-0.1, -0.05) is 29.0 Å². The normalized spacial score (nSPS) is 15.0. The molecular formula is C18H20ClN5OS. The average Bonchev–Trinajstić information content (AvgIpc) is 3.32. The molecule has 1 aliphatic heterocycles. The second-order valence-electron chi connectivity index (χ2n) is 6.35. The van der Waals surface area contributed by atoms with Crippen LogP contribution >= 0.6 is 22.9 Å². The molecule has 4 rings (SSSR count). The first kappa shape index (κ1) is 17.3. The number of piperazine rings is 1. The van der Waals surface area contributed by atoms with Crippen molar-refractivity contribution >= 4 is 44.2 Å². The highest BCUT2D eigenvalue weighted by Crippen LogP contribution is 2.35. The third-order valence-electron chi connectivity index (χ3n) is 4.76. The molecule has 3 aromatic rings. The molecule has 0 N–H and O–H groups in total. The molecule has 1 aliphatic rings. The van der Waals surface area contributed by atoms with Crippen LogP contribution in [0.2, 0.25) is 5.02 Å². The molecular weight excluding hydrogens is 370 g/mol. The first-order valence-electron chi connectivity index (χ1n) is 8.70. The van der Waals surface area contributed by atoms with Gasteiger partial charge in [-0.15, -0.1) is 0 Å². The maximum Gasteiger partial charge on any atom is 0.272 e. The molecule has 0 spiro atoms. The fourth-order valence-corrected chi connectivity index (χ4v) is 4.62. The van der Waals surface area contributed by atoms with Crippen molar-refractivity contribution < 1.29 is 4.79 Å². The van der Waals surface area contributed by atoms with Crippen LogP contribution < -0.4 is 4.90 Å². The van der Waals surface area contributed by atoms with Gasteiger partial charge in [0, 0.05) is 38.9 Å². The van der Waals surface area contributed by atoms with E-state index in [9.17, 15) is 4.79 Å². The molecule has 0 atom stereocenters. The van der Waals surface area contributed by atoms with Crippen molar-refractivity contribution in [1.29, 1.82) is 0 Å². The van der Waals surface area contributed by atoms with Crippen molar-refractivity contribution in [2.45, 2.75) is 20.4 Å². The van der Waals surface area contributed by atoms with E-state index in [1.807, 2.05) is 24.0 Å². The van der Waals surface area contributed by atoms with Gasteiger partial charge in [0.15, 0.2) is 5.13 Å². The molecule has 8 heteroatoms. The van der Waals surface area contributed by atoms with Crippen molar-refractivity contribution in [2.75, 3.05) is 31.1 Å². The predicted molar refractivity (Wildman–Crippen MR) is 105 cm³/mol. The molecule has 0 radical (unpaired) electrons. The minimum atomic E-state index is 0.0483. The number of benzene rings is 1. The number of anilines is 1. The molecule has 1 aromatic carbocycles. The van der Waals surface area contributed by atoms with Gasteiger partial charge in [-0.3, -0.25) is 9.48 Å². The van der Waals surface area contributed by atoms with Crippen LogP contribution in [-0.2, 0) is 6.54 Å². The van der Waals surface area contributed by atoms with Crippen molar-refractivity contribution in [3.63, 3.8) is 0 Å². The monoisotopic (exact) mass is 389 g/mol. The fourth-order valence-electron chi connectivity index (χ4n) is 3.26. The second kappa shape index (κ2) is 6.89. The smallest absolute Gasteiger partial charge is 0.272 e. The number of fused-ring (bicyclic) bond motifs is 1. The van der Waals surface area contributed by atoms with E-state index in [1.165, 1.54) is 0 Å². The number of carbonyl (C=O) groups is 1. The van der Waals surface area contributed by atoms with Crippen LogP contribution in [0.3, 0.4) is 0 Å². The maximum atomic E-state index is 12.7. The molecule has 136 valence electrons. The number of aromatic nitrogens is 3. The Balaban J connectivity index is 1.49. The molecule has 1 fully saturated rings. The number of halogens is 1. The number of amides is 1. The molecule has 2 aromatic heterocycles. The summed E-state index contributed by atoms with van der Waals surface area (Å²) in [6.07, 6.45) is 1.68. The van der Waals surface area contributed by atoms with E-state index < -0.39 is 0 Å². The first-order valence-corrected chi connectivity index (χ1v) is 9.89. The van der Waals surface area contributed by atoms with Crippen LogP contribution in [0.5, 0.6) is 0 Å². The zero-order chi connectivity index (χ0) is 18.3. The maximum absolute atomic E-state index is 12.7. The zero-order valence-corrected chi connectivity index (χ0v) is 16.3. The minimum absolute atomic E-state index is 0.0483. The number of aryl methyl sites for hydroxylation is 2. The van der Waals surface area contributed by atoms with E-state index in [-0.39, 0.29) is 5.91 Å². The van der Waals surface area contributed by atoms with Gasteiger partial charge in [-0.2, -0.15) is 5.10 Å². The summed E-state index contributed by atoms with van der Waals surface area (Å²) in [5, 5.41) is 5.91. The van der Waals surface area contributed by atoms with Crippen LogP contribution in [0.15, 0.2) is 24.4 Å². The molecule has 3 heterocycles. The van der Waals surface area contributed by atoms with Crippen LogP contribution in [0.4, 0.5) is 5.13 Å². The Morgan fingerprint density at radius 1 is 1.23 bits per heavy atom. The zero-order valence-electron chi connectivity index (χ0n) is 14.8. The van der Waals surface area contributed by atoms with E-state index in [0.717, 1.165) is 39.0 Å². The van der Waals surface area contributed by atoms with Gasteiger partial charge >= 0.3 is 0 Å². The second-order valence-corrected chi connectivity index (χ2v) is 7.73. The highest BCUT2D eigenvalue weighted by molar-refractivity contribution is 7.22. The summed E-state index contributed by atoms with van der Waals surface area (Å²) in [6, 6.07) is 5.72. The Bertz CT molecular complexity index is 919. The number of carbonyl (C=O) groups excluding carboxylic acids is 1. The molecule has 0 bridgehead atoms. The standard InChI is InChI=1S/C18H20ClN5OS/c1-3-24-14(6-7-20-24)17(25)22-8-10-23(11-9-22)18-21-15-12(2)4-5-13(19)16(15)26-18/h4-7H,3,8-11H2,1-2H3. The van der Waals surface area contributed by atoms with E-state index in [1.54, 1.807) is 28.3 Å². The molecule has 1 saturated heterocycles. The highest BCUT2D eigenvalue weighted by Gasteiger charge is 2.26. The Morgan fingerprint density at radius 3 is 2.69 bits per heavy atom. The van der Waals surface area contributed by atoms with E-state index in [0.29, 0.717) is 25.3 Å². The Labute approximate surface area is 161 Å². The van der Waals surface area contributed by atoms with Crippen molar-refractivity contribution in [2.24, 2.45) is 0 Å². The van der Waals surface area contributed by atoms with Crippen LogP contribution in [0, 0.1) is 6.92 Å².